The van der Waals surface area contributed by atoms with Gasteiger partial charge in [-0.25, -0.2) is 8.42 Å². The number of anilines is 1. The fourth-order valence-corrected chi connectivity index (χ4v) is 6.65. The van der Waals surface area contributed by atoms with Crippen molar-refractivity contribution in [1.82, 2.24) is 10.2 Å². The first-order valence-corrected chi connectivity index (χ1v) is 16.0. The lowest BCUT2D eigenvalue weighted by Gasteiger charge is -2.33. The van der Waals surface area contributed by atoms with E-state index in [2.05, 4.69) is 5.32 Å². The van der Waals surface area contributed by atoms with Crippen molar-refractivity contribution in [2.45, 2.75) is 69.4 Å². The van der Waals surface area contributed by atoms with Crippen LogP contribution in [-0.2, 0) is 26.0 Å². The van der Waals surface area contributed by atoms with Crippen LogP contribution in [0.2, 0.25) is 5.02 Å². The Morgan fingerprint density at radius 3 is 2.20 bits per heavy atom. The number of hydrogen-bond donors (Lipinski definition) is 1. The molecule has 41 heavy (non-hydrogen) atoms. The van der Waals surface area contributed by atoms with Crippen LogP contribution in [0.1, 0.15) is 50.2 Å². The van der Waals surface area contributed by atoms with E-state index in [1.165, 1.54) is 23.5 Å². The molecule has 1 aliphatic rings. The van der Waals surface area contributed by atoms with E-state index in [1.54, 1.807) is 43.3 Å². The van der Waals surface area contributed by atoms with Crippen molar-refractivity contribution in [3.8, 4) is 0 Å². The van der Waals surface area contributed by atoms with E-state index in [0.29, 0.717) is 17.1 Å². The Morgan fingerprint density at radius 1 is 0.927 bits per heavy atom. The summed E-state index contributed by atoms with van der Waals surface area (Å²) in [6.45, 7) is 3.39. The molecule has 0 heterocycles. The average Bonchev–Trinajstić information content (AvgIpc) is 2.97. The number of halogens is 1. The first kappa shape index (κ1) is 30.6. The van der Waals surface area contributed by atoms with Crippen molar-refractivity contribution in [3.63, 3.8) is 0 Å². The first-order valence-electron chi connectivity index (χ1n) is 14.1. The van der Waals surface area contributed by atoms with Crippen molar-refractivity contribution in [2.24, 2.45) is 0 Å². The van der Waals surface area contributed by atoms with Gasteiger partial charge in [-0.1, -0.05) is 78.9 Å². The molecular formula is C32H38ClN3O4S. The number of aryl methyl sites for hydroxylation is 1. The number of hydrogen-bond acceptors (Lipinski definition) is 4. The average molecular weight is 596 g/mol. The summed E-state index contributed by atoms with van der Waals surface area (Å²) in [5, 5.41) is 3.57. The summed E-state index contributed by atoms with van der Waals surface area (Å²) >= 11 is 6.09. The van der Waals surface area contributed by atoms with Gasteiger partial charge < -0.3 is 10.2 Å². The molecule has 0 spiro atoms. The molecule has 7 nitrogen and oxygen atoms in total. The summed E-state index contributed by atoms with van der Waals surface area (Å²) in [7, 11) is -4.11. The number of nitrogens with one attached hydrogen (secondary N) is 1. The van der Waals surface area contributed by atoms with Gasteiger partial charge in [-0.3, -0.25) is 13.9 Å². The van der Waals surface area contributed by atoms with Gasteiger partial charge in [0.05, 0.1) is 10.6 Å². The van der Waals surface area contributed by atoms with Crippen LogP contribution in [-0.4, -0.2) is 50.3 Å². The van der Waals surface area contributed by atoms with Crippen molar-refractivity contribution in [2.75, 3.05) is 17.4 Å². The van der Waals surface area contributed by atoms with Crippen LogP contribution in [0.3, 0.4) is 0 Å². The zero-order valence-corrected chi connectivity index (χ0v) is 25.2. The fourth-order valence-electron chi connectivity index (χ4n) is 5.11. The van der Waals surface area contributed by atoms with E-state index in [0.717, 1.165) is 41.1 Å². The Bertz CT molecular complexity index is 1410. The summed E-state index contributed by atoms with van der Waals surface area (Å²) in [5.41, 5.74) is 2.25. The third-order valence-electron chi connectivity index (χ3n) is 7.61. The molecule has 0 bridgehead atoms. The maximum atomic E-state index is 14.0. The maximum absolute atomic E-state index is 14.0. The molecule has 2 amide bonds. The molecule has 218 valence electrons. The summed E-state index contributed by atoms with van der Waals surface area (Å²) < 4.78 is 28.8. The summed E-state index contributed by atoms with van der Waals surface area (Å²) in [6.07, 6.45) is 5.69. The van der Waals surface area contributed by atoms with E-state index in [4.69, 9.17) is 11.6 Å². The lowest BCUT2D eigenvalue weighted by atomic mass is 9.95. The number of nitrogens with zero attached hydrogens (tertiary/aromatic N) is 2. The molecule has 1 saturated carbocycles. The molecular weight excluding hydrogens is 558 g/mol. The molecule has 4 rings (SSSR count). The van der Waals surface area contributed by atoms with Crippen LogP contribution in [0.15, 0.2) is 83.8 Å². The first-order chi connectivity index (χ1) is 19.6. The molecule has 3 aromatic rings. The number of benzene rings is 3. The minimum atomic E-state index is -4.11. The van der Waals surface area contributed by atoms with Crippen molar-refractivity contribution in [3.05, 3.63) is 95.0 Å². The summed E-state index contributed by atoms with van der Waals surface area (Å²) in [4.78, 5) is 28.9. The zero-order valence-electron chi connectivity index (χ0n) is 23.6. The van der Waals surface area contributed by atoms with Crippen molar-refractivity contribution < 1.29 is 18.0 Å². The Labute approximate surface area is 248 Å². The molecule has 1 aliphatic carbocycles. The van der Waals surface area contributed by atoms with Crippen LogP contribution < -0.4 is 9.62 Å². The van der Waals surface area contributed by atoms with Crippen molar-refractivity contribution >= 4 is 39.1 Å². The zero-order chi connectivity index (χ0) is 29.4. The van der Waals surface area contributed by atoms with Gasteiger partial charge in [0, 0.05) is 17.6 Å². The lowest BCUT2D eigenvalue weighted by molar-refractivity contribution is -0.139. The van der Waals surface area contributed by atoms with E-state index in [9.17, 15) is 18.0 Å². The van der Waals surface area contributed by atoms with E-state index >= 15 is 0 Å². The Balaban J connectivity index is 1.63. The lowest BCUT2D eigenvalue weighted by Crippen LogP contribution is -2.53. The smallest absolute Gasteiger partial charge is 0.264 e. The second kappa shape index (κ2) is 14.0. The van der Waals surface area contributed by atoms with Gasteiger partial charge in [0.15, 0.2) is 0 Å². The number of sulfonamides is 1. The highest BCUT2D eigenvalue weighted by Crippen LogP contribution is 2.26. The molecule has 1 atom stereocenters. The topological polar surface area (TPSA) is 86.8 Å². The number of carbonyl (C=O) groups is 2. The quantitative estimate of drug-likeness (QED) is 0.306. The van der Waals surface area contributed by atoms with Crippen LogP contribution in [0.25, 0.3) is 0 Å². The van der Waals surface area contributed by atoms with Gasteiger partial charge in [0.1, 0.15) is 12.6 Å². The number of rotatable bonds is 11. The van der Waals surface area contributed by atoms with Crippen LogP contribution in [0.4, 0.5) is 5.69 Å². The van der Waals surface area contributed by atoms with E-state index < -0.39 is 28.5 Å². The van der Waals surface area contributed by atoms with E-state index in [-0.39, 0.29) is 23.4 Å². The second-order valence-corrected chi connectivity index (χ2v) is 12.9. The highest BCUT2D eigenvalue weighted by Gasteiger charge is 2.33. The fraction of sp³-hybridized carbons (Fsp3) is 0.375. The SMILES string of the molecule is Cc1ccc(S(=O)(=O)N(CC(=O)N(CCc2ccccc2)[C@@H](C)C(=O)NC2CCCCC2)c2ccc(Cl)cc2)cc1. The normalized spacial score (nSPS) is 14.7. The molecule has 0 saturated heterocycles. The van der Waals surface area contributed by atoms with Gasteiger partial charge in [-0.05, 0) is 75.1 Å². The molecule has 1 N–H and O–H groups in total. The minimum absolute atomic E-state index is 0.0739. The van der Waals surface area contributed by atoms with E-state index in [1.807, 2.05) is 37.3 Å². The number of carbonyl (C=O) groups excluding carboxylic acids is 2. The molecule has 0 radical (unpaired) electrons. The molecule has 3 aromatic carbocycles. The Hall–Kier alpha value is -3.36. The number of amides is 2. The summed E-state index contributed by atoms with van der Waals surface area (Å²) in [5.74, 6) is -0.685. The third-order valence-corrected chi connectivity index (χ3v) is 9.65. The van der Waals surface area contributed by atoms with Gasteiger partial charge in [0.2, 0.25) is 11.8 Å². The van der Waals surface area contributed by atoms with Gasteiger partial charge in [-0.2, -0.15) is 0 Å². The van der Waals surface area contributed by atoms with Crippen LogP contribution >= 0.6 is 11.6 Å². The third kappa shape index (κ3) is 8.11. The van der Waals surface area contributed by atoms with Crippen LogP contribution in [0.5, 0.6) is 0 Å². The van der Waals surface area contributed by atoms with Crippen LogP contribution in [0, 0.1) is 6.92 Å². The highest BCUT2D eigenvalue weighted by atomic mass is 35.5. The van der Waals surface area contributed by atoms with Gasteiger partial charge >= 0.3 is 0 Å². The van der Waals surface area contributed by atoms with Crippen molar-refractivity contribution in [1.29, 1.82) is 0 Å². The highest BCUT2D eigenvalue weighted by molar-refractivity contribution is 7.92. The molecule has 0 aliphatic heterocycles. The molecule has 9 heteroatoms. The predicted octanol–water partition coefficient (Wildman–Crippen LogP) is 5.75. The Morgan fingerprint density at radius 2 is 1.56 bits per heavy atom. The standard InChI is InChI=1S/C32H38ClN3O4S/c1-24-13-19-30(20-14-24)41(39,40)36(29-17-15-27(33)16-18-29)23-31(37)35(22-21-26-9-5-3-6-10-26)25(2)32(38)34-28-11-7-4-8-12-28/h3,5-6,9-10,13-20,25,28H,4,7-8,11-12,21-23H2,1-2H3,(H,34,38)/t25-/m0/s1. The second-order valence-electron chi connectivity index (χ2n) is 10.6. The van der Waals surface area contributed by atoms with Gasteiger partial charge in [0.25, 0.3) is 10.0 Å². The largest absolute Gasteiger partial charge is 0.352 e. The molecule has 0 aromatic heterocycles. The Kier molecular flexibility index (Phi) is 10.5. The monoisotopic (exact) mass is 595 g/mol. The summed E-state index contributed by atoms with van der Waals surface area (Å²) in [6, 6.07) is 21.9. The molecule has 0 unspecified atom stereocenters. The molecule has 1 fully saturated rings. The maximum Gasteiger partial charge on any atom is 0.264 e. The van der Waals surface area contributed by atoms with Gasteiger partial charge in [-0.15, -0.1) is 0 Å². The predicted molar refractivity (Wildman–Crippen MR) is 163 cm³/mol. The minimum Gasteiger partial charge on any atom is -0.352 e.